The van der Waals surface area contributed by atoms with Crippen molar-refractivity contribution in [3.05, 3.63) is 23.8 Å². The van der Waals surface area contributed by atoms with Crippen LogP contribution in [0.5, 0.6) is 0 Å². The van der Waals surface area contributed by atoms with Crippen molar-refractivity contribution in [1.29, 1.82) is 5.26 Å². The molecule has 1 aromatic rings. The first kappa shape index (κ1) is 15.8. The third-order valence-electron chi connectivity index (χ3n) is 3.43. The van der Waals surface area contributed by atoms with Crippen molar-refractivity contribution in [2.45, 2.75) is 17.7 Å². The van der Waals surface area contributed by atoms with E-state index in [1.165, 1.54) is 42.4 Å². The largest absolute Gasteiger partial charge is 0.398 e. The lowest BCUT2D eigenvalue weighted by Crippen LogP contribution is -2.31. The van der Waals surface area contributed by atoms with Gasteiger partial charge in [-0.05, 0) is 37.0 Å². The lowest BCUT2D eigenvalue weighted by atomic mass is 10.2. The summed E-state index contributed by atoms with van der Waals surface area (Å²) in [5.74, 6) is 0.654. The van der Waals surface area contributed by atoms with Crippen LogP contribution in [0.15, 0.2) is 23.1 Å². The number of nitriles is 1. The fourth-order valence-corrected chi connectivity index (χ4v) is 3.12. The SMILES string of the molecule is CN(CCOCC1CC1)S(=O)(=O)c1ccc(C#N)cc1N. The van der Waals surface area contributed by atoms with Crippen LogP contribution in [0, 0.1) is 17.2 Å². The molecule has 0 radical (unpaired) electrons. The number of ether oxygens (including phenoxy) is 1. The number of hydrogen-bond acceptors (Lipinski definition) is 5. The second-order valence-electron chi connectivity index (χ2n) is 5.21. The average Bonchev–Trinajstić information content (AvgIpc) is 3.26. The molecule has 0 atom stereocenters. The molecule has 0 amide bonds. The summed E-state index contributed by atoms with van der Waals surface area (Å²) >= 11 is 0. The second-order valence-corrected chi connectivity index (χ2v) is 7.22. The quantitative estimate of drug-likeness (QED) is 0.603. The highest BCUT2D eigenvalue weighted by Crippen LogP contribution is 2.28. The predicted molar refractivity (Wildman–Crippen MR) is 78.9 cm³/mol. The summed E-state index contributed by atoms with van der Waals surface area (Å²) in [6.07, 6.45) is 2.41. The Morgan fingerprint density at radius 2 is 2.19 bits per heavy atom. The third kappa shape index (κ3) is 3.94. The molecule has 2 N–H and O–H groups in total. The zero-order valence-electron chi connectivity index (χ0n) is 11.9. The standard InChI is InChI=1S/C14H19N3O3S/c1-17(6-7-20-10-11-2-3-11)21(18,19)14-5-4-12(9-15)8-13(14)16/h4-5,8,11H,2-3,6-7,10,16H2,1H3. The van der Waals surface area contributed by atoms with Crippen LogP contribution in [0.1, 0.15) is 18.4 Å². The summed E-state index contributed by atoms with van der Waals surface area (Å²) in [5, 5.41) is 8.78. The van der Waals surface area contributed by atoms with Gasteiger partial charge in [0.15, 0.2) is 0 Å². The van der Waals surface area contributed by atoms with Crippen LogP contribution in [-0.4, -0.2) is 39.5 Å². The molecular weight excluding hydrogens is 290 g/mol. The maximum atomic E-state index is 12.4. The van der Waals surface area contributed by atoms with Crippen LogP contribution in [0.25, 0.3) is 0 Å². The van der Waals surface area contributed by atoms with Crippen LogP contribution in [0.3, 0.4) is 0 Å². The molecule has 1 saturated carbocycles. The minimum atomic E-state index is -3.66. The van der Waals surface area contributed by atoms with Crippen molar-refractivity contribution in [1.82, 2.24) is 4.31 Å². The van der Waals surface area contributed by atoms with Crippen LogP contribution < -0.4 is 5.73 Å². The van der Waals surface area contributed by atoms with Crippen LogP contribution in [-0.2, 0) is 14.8 Å². The van der Waals surface area contributed by atoms with Crippen molar-refractivity contribution in [2.24, 2.45) is 5.92 Å². The molecule has 21 heavy (non-hydrogen) atoms. The lowest BCUT2D eigenvalue weighted by molar-refractivity contribution is 0.117. The summed E-state index contributed by atoms with van der Waals surface area (Å²) in [4.78, 5) is 0.0196. The third-order valence-corrected chi connectivity index (χ3v) is 5.36. The van der Waals surface area contributed by atoms with Gasteiger partial charge in [-0.25, -0.2) is 8.42 Å². The highest BCUT2D eigenvalue weighted by molar-refractivity contribution is 7.89. The van der Waals surface area contributed by atoms with Gasteiger partial charge in [0, 0.05) is 20.2 Å². The number of sulfonamides is 1. The van der Waals surface area contributed by atoms with Gasteiger partial charge >= 0.3 is 0 Å². The van der Waals surface area contributed by atoms with E-state index in [0.29, 0.717) is 24.7 Å². The minimum Gasteiger partial charge on any atom is -0.398 e. The summed E-state index contributed by atoms with van der Waals surface area (Å²) in [7, 11) is -2.17. The maximum Gasteiger partial charge on any atom is 0.244 e. The molecule has 1 aliphatic rings. The fraction of sp³-hybridized carbons (Fsp3) is 0.500. The minimum absolute atomic E-state index is 0.0196. The normalized spacial score (nSPS) is 15.1. The van der Waals surface area contributed by atoms with Gasteiger partial charge in [-0.15, -0.1) is 0 Å². The molecule has 0 aromatic heterocycles. The van der Waals surface area contributed by atoms with Crippen LogP contribution in [0.4, 0.5) is 5.69 Å². The number of nitrogens with two attached hydrogens (primary N) is 1. The summed E-state index contributed by atoms with van der Waals surface area (Å²) in [6, 6.07) is 6.10. The summed E-state index contributed by atoms with van der Waals surface area (Å²) < 4.78 is 31.5. The molecule has 2 rings (SSSR count). The van der Waals surface area contributed by atoms with Crippen molar-refractivity contribution in [2.75, 3.05) is 32.5 Å². The highest BCUT2D eigenvalue weighted by atomic mass is 32.2. The van der Waals surface area contributed by atoms with E-state index in [1.54, 1.807) is 0 Å². The van der Waals surface area contributed by atoms with Gasteiger partial charge in [-0.3, -0.25) is 0 Å². The Hall–Kier alpha value is -1.62. The zero-order chi connectivity index (χ0) is 15.5. The van der Waals surface area contributed by atoms with E-state index < -0.39 is 10.0 Å². The molecule has 1 aromatic carbocycles. The van der Waals surface area contributed by atoms with Gasteiger partial charge in [0.1, 0.15) is 4.90 Å². The predicted octanol–water partition coefficient (Wildman–Crippen LogP) is 1.19. The summed E-state index contributed by atoms with van der Waals surface area (Å²) in [5.41, 5.74) is 6.15. The number of hydrogen-bond donors (Lipinski definition) is 1. The number of nitrogen functional groups attached to an aromatic ring is 1. The topological polar surface area (TPSA) is 96.4 Å². The molecule has 0 heterocycles. The van der Waals surface area contributed by atoms with Crippen LogP contribution >= 0.6 is 0 Å². The van der Waals surface area contributed by atoms with E-state index in [0.717, 1.165) is 0 Å². The molecule has 1 fully saturated rings. The molecule has 0 spiro atoms. The maximum absolute atomic E-state index is 12.4. The number of likely N-dealkylation sites (N-methyl/N-ethyl adjacent to an activating group) is 1. The molecule has 7 heteroatoms. The first-order valence-corrected chi connectivity index (χ1v) is 8.23. The number of nitrogens with zero attached hydrogens (tertiary/aromatic N) is 2. The Kier molecular flexibility index (Phi) is 4.83. The van der Waals surface area contributed by atoms with Gasteiger partial charge < -0.3 is 10.5 Å². The number of anilines is 1. The molecule has 0 bridgehead atoms. The molecule has 1 aliphatic carbocycles. The van der Waals surface area contributed by atoms with Gasteiger partial charge in [-0.2, -0.15) is 9.57 Å². The smallest absolute Gasteiger partial charge is 0.244 e. The number of rotatable bonds is 7. The molecule has 0 saturated heterocycles. The Labute approximate surface area is 125 Å². The molecule has 114 valence electrons. The van der Waals surface area contributed by atoms with Crippen molar-refractivity contribution in [3.63, 3.8) is 0 Å². The Balaban J connectivity index is 2.00. The van der Waals surface area contributed by atoms with E-state index in [-0.39, 0.29) is 17.1 Å². The molecule has 0 aliphatic heterocycles. The Morgan fingerprint density at radius 3 is 2.76 bits per heavy atom. The van der Waals surface area contributed by atoms with E-state index in [1.807, 2.05) is 6.07 Å². The Morgan fingerprint density at radius 1 is 1.48 bits per heavy atom. The summed E-state index contributed by atoms with van der Waals surface area (Å²) in [6.45, 7) is 1.34. The zero-order valence-corrected chi connectivity index (χ0v) is 12.8. The highest BCUT2D eigenvalue weighted by Gasteiger charge is 2.24. The van der Waals surface area contributed by atoms with E-state index in [4.69, 9.17) is 15.7 Å². The molecule has 0 unspecified atom stereocenters. The van der Waals surface area contributed by atoms with Gasteiger partial charge in [0.05, 0.1) is 23.9 Å². The van der Waals surface area contributed by atoms with Crippen molar-refractivity contribution in [3.8, 4) is 6.07 Å². The first-order chi connectivity index (χ1) is 9.95. The second kappa shape index (κ2) is 6.43. The van der Waals surface area contributed by atoms with E-state index in [9.17, 15) is 8.42 Å². The number of benzene rings is 1. The average molecular weight is 309 g/mol. The van der Waals surface area contributed by atoms with Gasteiger partial charge in [0.2, 0.25) is 10.0 Å². The van der Waals surface area contributed by atoms with Crippen molar-refractivity contribution >= 4 is 15.7 Å². The van der Waals surface area contributed by atoms with Crippen LogP contribution in [0.2, 0.25) is 0 Å². The van der Waals surface area contributed by atoms with Gasteiger partial charge in [0.25, 0.3) is 0 Å². The fourth-order valence-electron chi connectivity index (χ4n) is 1.87. The Bertz CT molecular complexity index is 648. The first-order valence-electron chi connectivity index (χ1n) is 6.79. The molecule has 6 nitrogen and oxygen atoms in total. The molecular formula is C14H19N3O3S. The monoisotopic (exact) mass is 309 g/mol. The van der Waals surface area contributed by atoms with Gasteiger partial charge in [-0.1, -0.05) is 0 Å². The van der Waals surface area contributed by atoms with E-state index >= 15 is 0 Å². The lowest BCUT2D eigenvalue weighted by Gasteiger charge is -2.18. The van der Waals surface area contributed by atoms with Crippen molar-refractivity contribution < 1.29 is 13.2 Å². The van der Waals surface area contributed by atoms with E-state index in [2.05, 4.69) is 0 Å².